The van der Waals surface area contributed by atoms with E-state index < -0.39 is 0 Å². The zero-order valence-corrected chi connectivity index (χ0v) is 17.1. The number of hydrogen-bond donors (Lipinski definition) is 2. The standard InChI is InChI=1S/C24H27FN2O3/c1-29-23-8-6-18(25)13-21(23)20-12-17(20)15-26-10-2-3-11-30-19-7-4-16-5-9-24(28)27-22(16)14-19/h4-9,13-14,17,20,26H,2-3,10-12,15H2,1H3,(H,27,28)/t17-,20+/m1/s1. The van der Waals surface area contributed by atoms with Crippen molar-refractivity contribution in [1.29, 1.82) is 0 Å². The molecule has 6 heteroatoms. The number of ether oxygens (including phenoxy) is 2. The Balaban J connectivity index is 1.13. The van der Waals surface area contributed by atoms with Crippen molar-refractivity contribution < 1.29 is 13.9 Å². The fourth-order valence-electron chi connectivity index (χ4n) is 3.90. The van der Waals surface area contributed by atoms with Crippen LogP contribution in [0.25, 0.3) is 10.9 Å². The van der Waals surface area contributed by atoms with Crippen molar-refractivity contribution in [1.82, 2.24) is 10.3 Å². The van der Waals surface area contributed by atoms with E-state index in [1.54, 1.807) is 25.3 Å². The largest absolute Gasteiger partial charge is 0.496 e. The molecule has 2 aromatic carbocycles. The van der Waals surface area contributed by atoms with Crippen LogP contribution < -0.4 is 20.3 Å². The highest BCUT2D eigenvalue weighted by Crippen LogP contribution is 2.50. The maximum atomic E-state index is 13.5. The number of benzene rings is 2. The first-order chi connectivity index (χ1) is 14.6. The van der Waals surface area contributed by atoms with Gasteiger partial charge in [-0.25, -0.2) is 4.39 Å². The number of halogens is 1. The minimum Gasteiger partial charge on any atom is -0.496 e. The van der Waals surface area contributed by atoms with E-state index in [1.165, 1.54) is 12.1 Å². The zero-order valence-electron chi connectivity index (χ0n) is 17.1. The van der Waals surface area contributed by atoms with Gasteiger partial charge in [0.05, 0.1) is 19.2 Å². The van der Waals surface area contributed by atoms with Gasteiger partial charge in [-0.1, -0.05) is 0 Å². The Kier molecular flexibility index (Phi) is 6.33. The summed E-state index contributed by atoms with van der Waals surface area (Å²) in [6.45, 7) is 2.50. The Morgan fingerprint density at radius 1 is 1.13 bits per heavy atom. The monoisotopic (exact) mass is 410 g/mol. The molecule has 1 aliphatic rings. The number of methoxy groups -OCH3 is 1. The predicted molar refractivity (Wildman–Crippen MR) is 116 cm³/mol. The van der Waals surface area contributed by atoms with Gasteiger partial charge in [-0.2, -0.15) is 0 Å². The van der Waals surface area contributed by atoms with Gasteiger partial charge in [-0.05, 0) is 86.0 Å². The first kappa shape index (κ1) is 20.4. The van der Waals surface area contributed by atoms with Crippen LogP contribution in [-0.4, -0.2) is 31.8 Å². The van der Waals surface area contributed by atoms with E-state index in [0.717, 1.165) is 60.3 Å². The average molecular weight is 410 g/mol. The molecule has 0 unspecified atom stereocenters. The van der Waals surface area contributed by atoms with Crippen molar-refractivity contribution in [3.8, 4) is 11.5 Å². The Labute approximate surface area is 175 Å². The van der Waals surface area contributed by atoms with E-state index in [-0.39, 0.29) is 11.4 Å². The van der Waals surface area contributed by atoms with E-state index >= 15 is 0 Å². The number of aromatic amines is 1. The number of aromatic nitrogens is 1. The number of fused-ring (bicyclic) bond motifs is 1. The van der Waals surface area contributed by atoms with Crippen LogP contribution in [0.4, 0.5) is 4.39 Å². The molecule has 1 aromatic heterocycles. The van der Waals surface area contributed by atoms with Crippen LogP contribution >= 0.6 is 0 Å². The van der Waals surface area contributed by atoms with Gasteiger partial charge >= 0.3 is 0 Å². The van der Waals surface area contributed by atoms with Crippen LogP contribution in [0.3, 0.4) is 0 Å². The molecule has 0 radical (unpaired) electrons. The molecule has 1 saturated carbocycles. The number of H-pyrrole nitrogens is 1. The summed E-state index contributed by atoms with van der Waals surface area (Å²) in [6, 6.07) is 13.8. The maximum Gasteiger partial charge on any atom is 0.248 e. The summed E-state index contributed by atoms with van der Waals surface area (Å²) < 4.78 is 24.7. The fraction of sp³-hybridized carbons (Fsp3) is 0.375. The van der Waals surface area contributed by atoms with Gasteiger partial charge in [0, 0.05) is 17.7 Å². The number of nitrogens with one attached hydrogen (secondary N) is 2. The van der Waals surface area contributed by atoms with Gasteiger partial charge in [0.25, 0.3) is 0 Å². The van der Waals surface area contributed by atoms with Crippen molar-refractivity contribution in [3.63, 3.8) is 0 Å². The number of hydrogen-bond acceptors (Lipinski definition) is 4. The van der Waals surface area contributed by atoms with Crippen LogP contribution in [0.15, 0.2) is 53.3 Å². The van der Waals surface area contributed by atoms with Crippen molar-refractivity contribution in [3.05, 3.63) is 70.3 Å². The molecule has 0 amide bonds. The van der Waals surface area contributed by atoms with E-state index in [1.807, 2.05) is 18.2 Å². The topological polar surface area (TPSA) is 63.4 Å². The summed E-state index contributed by atoms with van der Waals surface area (Å²) in [5.41, 5.74) is 1.66. The summed E-state index contributed by atoms with van der Waals surface area (Å²) in [7, 11) is 1.63. The Morgan fingerprint density at radius 3 is 2.87 bits per heavy atom. The van der Waals surface area contributed by atoms with Gasteiger partial charge in [0.15, 0.2) is 0 Å². The molecule has 5 nitrogen and oxygen atoms in total. The molecule has 0 aliphatic heterocycles. The summed E-state index contributed by atoms with van der Waals surface area (Å²) in [5, 5.41) is 4.48. The van der Waals surface area contributed by atoms with Crippen molar-refractivity contribution in [2.75, 3.05) is 26.8 Å². The van der Waals surface area contributed by atoms with Crippen molar-refractivity contribution >= 4 is 10.9 Å². The number of unbranched alkanes of at least 4 members (excludes halogenated alkanes) is 1. The minimum absolute atomic E-state index is 0.112. The third-order valence-corrected chi connectivity index (χ3v) is 5.63. The van der Waals surface area contributed by atoms with Gasteiger partial charge < -0.3 is 19.8 Å². The fourth-order valence-corrected chi connectivity index (χ4v) is 3.90. The maximum absolute atomic E-state index is 13.5. The lowest BCUT2D eigenvalue weighted by Gasteiger charge is -2.09. The van der Waals surface area contributed by atoms with E-state index in [9.17, 15) is 9.18 Å². The third-order valence-electron chi connectivity index (χ3n) is 5.63. The quantitative estimate of drug-likeness (QED) is 0.491. The second kappa shape index (κ2) is 9.30. The third kappa shape index (κ3) is 5.00. The summed E-state index contributed by atoms with van der Waals surface area (Å²) >= 11 is 0. The SMILES string of the molecule is COc1ccc(F)cc1[C@H]1C[C@@H]1CNCCCCOc1ccc2ccc(=O)[nH]c2c1. The molecule has 4 rings (SSSR count). The molecule has 158 valence electrons. The molecule has 2 N–H and O–H groups in total. The average Bonchev–Trinajstić information content (AvgIpc) is 3.52. The second-order valence-corrected chi connectivity index (χ2v) is 7.82. The number of rotatable bonds is 10. The molecular formula is C24H27FN2O3. The minimum atomic E-state index is -0.206. The van der Waals surface area contributed by atoms with E-state index in [4.69, 9.17) is 9.47 Å². The predicted octanol–water partition coefficient (Wildman–Crippen LogP) is 4.23. The lowest BCUT2D eigenvalue weighted by molar-refractivity contribution is 0.306. The van der Waals surface area contributed by atoms with Crippen LogP contribution in [-0.2, 0) is 0 Å². The molecule has 3 aromatic rings. The van der Waals surface area contributed by atoms with Gasteiger partial charge in [0.1, 0.15) is 17.3 Å². The molecule has 1 heterocycles. The Bertz CT molecular complexity index is 1070. The summed E-state index contributed by atoms with van der Waals surface area (Å²) in [5.74, 6) is 2.26. The first-order valence-electron chi connectivity index (χ1n) is 10.4. The molecule has 0 spiro atoms. The normalized spacial score (nSPS) is 17.8. The lowest BCUT2D eigenvalue weighted by atomic mass is 10.1. The zero-order chi connectivity index (χ0) is 20.9. The molecular weight excluding hydrogens is 383 g/mol. The van der Waals surface area contributed by atoms with Gasteiger partial charge in [-0.15, -0.1) is 0 Å². The van der Waals surface area contributed by atoms with Crippen LogP contribution in [0.5, 0.6) is 11.5 Å². The molecule has 2 atom stereocenters. The Hall–Kier alpha value is -2.86. The van der Waals surface area contributed by atoms with Crippen molar-refractivity contribution in [2.24, 2.45) is 5.92 Å². The van der Waals surface area contributed by atoms with Crippen molar-refractivity contribution in [2.45, 2.75) is 25.2 Å². The molecule has 0 bridgehead atoms. The molecule has 0 saturated heterocycles. The second-order valence-electron chi connectivity index (χ2n) is 7.82. The first-order valence-corrected chi connectivity index (χ1v) is 10.4. The molecule has 1 aliphatic carbocycles. The summed E-state index contributed by atoms with van der Waals surface area (Å²) in [6.07, 6.45) is 3.03. The van der Waals surface area contributed by atoms with E-state index in [0.29, 0.717) is 18.4 Å². The van der Waals surface area contributed by atoms with Gasteiger partial charge in [-0.3, -0.25) is 4.79 Å². The van der Waals surface area contributed by atoms with Crippen LogP contribution in [0.2, 0.25) is 0 Å². The molecule has 1 fully saturated rings. The smallest absolute Gasteiger partial charge is 0.248 e. The highest BCUT2D eigenvalue weighted by molar-refractivity contribution is 5.79. The number of pyridine rings is 1. The van der Waals surface area contributed by atoms with E-state index in [2.05, 4.69) is 10.3 Å². The lowest BCUT2D eigenvalue weighted by Crippen LogP contribution is -2.19. The van der Waals surface area contributed by atoms with Gasteiger partial charge in [0.2, 0.25) is 5.56 Å². The molecule has 30 heavy (non-hydrogen) atoms. The van der Waals surface area contributed by atoms with Crippen LogP contribution in [0, 0.1) is 11.7 Å². The highest BCUT2D eigenvalue weighted by atomic mass is 19.1. The van der Waals surface area contributed by atoms with Crippen LogP contribution in [0.1, 0.15) is 30.7 Å². The summed E-state index contributed by atoms with van der Waals surface area (Å²) in [4.78, 5) is 14.2. The Morgan fingerprint density at radius 2 is 2.00 bits per heavy atom. The highest BCUT2D eigenvalue weighted by Gasteiger charge is 2.39.